The van der Waals surface area contributed by atoms with Gasteiger partial charge >= 0.3 is 6.18 Å². The molecular weight excluding hydrogens is 383 g/mol. The van der Waals surface area contributed by atoms with E-state index in [4.69, 9.17) is 4.52 Å². The van der Waals surface area contributed by atoms with E-state index >= 15 is 0 Å². The predicted octanol–water partition coefficient (Wildman–Crippen LogP) is 3.82. The van der Waals surface area contributed by atoms with Crippen LogP contribution >= 0.6 is 12.4 Å². The molecule has 1 aromatic carbocycles. The Morgan fingerprint density at radius 1 is 1.22 bits per heavy atom. The maximum Gasteiger partial charge on any atom is 0.434 e. The summed E-state index contributed by atoms with van der Waals surface area (Å²) >= 11 is 0. The van der Waals surface area contributed by atoms with Crippen LogP contribution in [0.5, 0.6) is 0 Å². The average molecular weight is 402 g/mol. The number of aromatic nitrogens is 4. The molecule has 0 spiro atoms. The number of nitrogens with zero attached hydrogens (tertiary/aromatic N) is 4. The Morgan fingerprint density at radius 3 is 2.48 bits per heavy atom. The topological polar surface area (TPSA) is 68.8 Å². The fraction of sp³-hybridized carbons (Fsp3) is 0.353. The fourth-order valence-electron chi connectivity index (χ4n) is 2.48. The number of hydrogen-bond donors (Lipinski definition) is 1. The summed E-state index contributed by atoms with van der Waals surface area (Å²) in [5.41, 5.74) is 0.0553. The minimum absolute atomic E-state index is 0. The van der Waals surface area contributed by atoms with Crippen molar-refractivity contribution in [2.45, 2.75) is 32.5 Å². The first kappa shape index (κ1) is 20.9. The first-order valence-electron chi connectivity index (χ1n) is 8.02. The molecule has 0 aliphatic heterocycles. The Labute approximate surface area is 160 Å². The van der Waals surface area contributed by atoms with Gasteiger partial charge in [-0.3, -0.25) is 0 Å². The summed E-state index contributed by atoms with van der Waals surface area (Å²) in [5.74, 6) is 0.132. The number of benzene rings is 1. The molecule has 3 rings (SSSR count). The number of alkyl halides is 3. The predicted molar refractivity (Wildman–Crippen MR) is 96.1 cm³/mol. The second kappa shape index (κ2) is 8.10. The molecule has 3 aromatic rings. The maximum atomic E-state index is 13.7. The van der Waals surface area contributed by atoms with Crippen LogP contribution in [-0.2, 0) is 12.6 Å². The minimum Gasteiger partial charge on any atom is -0.334 e. The largest absolute Gasteiger partial charge is 0.434 e. The van der Waals surface area contributed by atoms with Gasteiger partial charge in [0.1, 0.15) is 0 Å². The summed E-state index contributed by atoms with van der Waals surface area (Å²) in [6.45, 7) is 3.77. The lowest BCUT2D eigenvalue weighted by atomic mass is 10.2. The van der Waals surface area contributed by atoms with Crippen molar-refractivity contribution in [1.29, 1.82) is 0 Å². The molecule has 0 aliphatic carbocycles. The maximum absolute atomic E-state index is 13.7. The summed E-state index contributed by atoms with van der Waals surface area (Å²) in [7, 11) is 1.78. The van der Waals surface area contributed by atoms with Gasteiger partial charge in [-0.15, -0.1) is 12.4 Å². The second-order valence-electron chi connectivity index (χ2n) is 6.06. The van der Waals surface area contributed by atoms with Crippen LogP contribution in [-0.4, -0.2) is 33.0 Å². The monoisotopic (exact) mass is 401 g/mol. The Morgan fingerprint density at radius 2 is 1.89 bits per heavy atom. The molecule has 1 unspecified atom stereocenters. The van der Waals surface area contributed by atoms with Crippen molar-refractivity contribution in [2.24, 2.45) is 0 Å². The van der Waals surface area contributed by atoms with Gasteiger partial charge in [0.2, 0.25) is 0 Å². The van der Waals surface area contributed by atoms with Crippen LogP contribution in [0.1, 0.15) is 24.0 Å². The lowest BCUT2D eigenvalue weighted by molar-refractivity contribution is -0.142. The standard InChI is InChI=1S/C17H18F3N5O.ClH/c1-10-4-6-12(7-5-10)25-15(17(18,19)20)13(9-22-25)16-23-14(24-26-16)8-11(2)21-3;/h4-7,9,11,21H,8H2,1-3H3;1H. The third-order valence-electron chi connectivity index (χ3n) is 4.00. The van der Waals surface area contributed by atoms with Gasteiger partial charge in [0, 0.05) is 12.5 Å². The van der Waals surface area contributed by atoms with E-state index in [1.54, 1.807) is 31.3 Å². The van der Waals surface area contributed by atoms with Gasteiger partial charge in [-0.05, 0) is 33.0 Å². The van der Waals surface area contributed by atoms with Crippen LogP contribution in [0.15, 0.2) is 35.0 Å². The zero-order chi connectivity index (χ0) is 18.9. The number of likely N-dealkylation sites (N-methyl/N-ethyl adjacent to an activating group) is 1. The number of nitrogens with one attached hydrogen (secondary N) is 1. The Hall–Kier alpha value is -2.39. The van der Waals surface area contributed by atoms with Crippen molar-refractivity contribution in [3.63, 3.8) is 0 Å². The zero-order valence-corrected chi connectivity index (χ0v) is 15.7. The fourth-order valence-corrected chi connectivity index (χ4v) is 2.48. The Balaban J connectivity index is 0.00000261. The van der Waals surface area contributed by atoms with Gasteiger partial charge < -0.3 is 9.84 Å². The highest BCUT2D eigenvalue weighted by Gasteiger charge is 2.40. The molecule has 0 bridgehead atoms. The third kappa shape index (κ3) is 4.48. The van der Waals surface area contributed by atoms with E-state index in [0.29, 0.717) is 17.9 Å². The first-order valence-corrected chi connectivity index (χ1v) is 8.02. The van der Waals surface area contributed by atoms with Gasteiger partial charge in [-0.25, -0.2) is 4.68 Å². The van der Waals surface area contributed by atoms with Gasteiger partial charge in [-0.2, -0.15) is 23.3 Å². The molecule has 0 radical (unpaired) electrons. The lowest BCUT2D eigenvalue weighted by Crippen LogP contribution is -2.24. The normalized spacial score (nSPS) is 12.7. The van der Waals surface area contributed by atoms with Crippen molar-refractivity contribution in [3.05, 3.63) is 47.5 Å². The van der Waals surface area contributed by atoms with Gasteiger partial charge in [0.05, 0.1) is 17.4 Å². The van der Waals surface area contributed by atoms with Gasteiger partial charge in [0.15, 0.2) is 11.5 Å². The molecule has 6 nitrogen and oxygen atoms in total. The summed E-state index contributed by atoms with van der Waals surface area (Å²) in [6, 6.07) is 6.67. The van der Waals surface area contributed by atoms with Gasteiger partial charge in [-0.1, -0.05) is 22.9 Å². The third-order valence-corrected chi connectivity index (χ3v) is 4.00. The molecule has 0 amide bonds. The molecule has 10 heteroatoms. The molecule has 27 heavy (non-hydrogen) atoms. The highest BCUT2D eigenvalue weighted by atomic mass is 35.5. The molecule has 1 N–H and O–H groups in total. The van der Waals surface area contributed by atoms with E-state index in [9.17, 15) is 13.2 Å². The van der Waals surface area contributed by atoms with Gasteiger partial charge in [0.25, 0.3) is 5.89 Å². The van der Waals surface area contributed by atoms with Crippen LogP contribution in [0.3, 0.4) is 0 Å². The molecule has 2 aromatic heterocycles. The summed E-state index contributed by atoms with van der Waals surface area (Å²) in [4.78, 5) is 4.09. The van der Waals surface area contributed by atoms with Crippen LogP contribution < -0.4 is 5.32 Å². The quantitative estimate of drug-likeness (QED) is 0.703. The number of aryl methyl sites for hydroxylation is 1. The van der Waals surface area contributed by atoms with Crippen LogP contribution in [0.2, 0.25) is 0 Å². The number of rotatable bonds is 5. The molecule has 146 valence electrons. The molecule has 0 saturated heterocycles. The minimum atomic E-state index is -4.64. The van der Waals surface area contributed by atoms with E-state index in [2.05, 4.69) is 20.6 Å². The average Bonchev–Trinajstić information content (AvgIpc) is 3.21. The first-order chi connectivity index (χ1) is 12.3. The van der Waals surface area contributed by atoms with Crippen LogP contribution in [0.4, 0.5) is 13.2 Å². The van der Waals surface area contributed by atoms with E-state index in [1.165, 1.54) is 0 Å². The summed E-state index contributed by atoms with van der Waals surface area (Å²) < 4.78 is 47.0. The Bertz CT molecular complexity index is 889. The SMILES string of the molecule is CNC(C)Cc1noc(-c2cnn(-c3ccc(C)cc3)c2C(F)(F)F)n1.Cl. The molecule has 2 heterocycles. The van der Waals surface area contributed by atoms with Crippen molar-refractivity contribution < 1.29 is 17.7 Å². The second-order valence-corrected chi connectivity index (χ2v) is 6.06. The smallest absolute Gasteiger partial charge is 0.334 e. The molecule has 0 aliphatic rings. The van der Waals surface area contributed by atoms with E-state index < -0.39 is 11.9 Å². The van der Waals surface area contributed by atoms with Crippen molar-refractivity contribution in [2.75, 3.05) is 7.05 Å². The van der Waals surface area contributed by atoms with Crippen molar-refractivity contribution in [3.8, 4) is 17.1 Å². The van der Waals surface area contributed by atoms with Crippen LogP contribution in [0.25, 0.3) is 17.1 Å². The van der Waals surface area contributed by atoms with Crippen LogP contribution in [0, 0.1) is 6.92 Å². The van der Waals surface area contributed by atoms with Crippen molar-refractivity contribution in [1.82, 2.24) is 25.2 Å². The number of hydrogen-bond acceptors (Lipinski definition) is 5. The van der Waals surface area contributed by atoms with E-state index in [-0.39, 0.29) is 29.9 Å². The molecule has 0 saturated carbocycles. The highest BCUT2D eigenvalue weighted by Crippen LogP contribution is 2.37. The molecule has 0 fully saturated rings. The summed E-state index contributed by atoms with van der Waals surface area (Å²) in [6.07, 6.45) is -3.10. The molecule has 1 atom stereocenters. The summed E-state index contributed by atoms with van der Waals surface area (Å²) in [5, 5.41) is 10.7. The van der Waals surface area contributed by atoms with E-state index in [1.807, 2.05) is 13.8 Å². The highest BCUT2D eigenvalue weighted by molar-refractivity contribution is 5.85. The lowest BCUT2D eigenvalue weighted by Gasteiger charge is -2.11. The number of halogens is 4. The Kier molecular flexibility index (Phi) is 6.27. The molecular formula is C17H19ClF3N5O. The van der Waals surface area contributed by atoms with E-state index in [0.717, 1.165) is 16.4 Å². The zero-order valence-electron chi connectivity index (χ0n) is 14.9. The van der Waals surface area contributed by atoms with Crippen molar-refractivity contribution >= 4 is 12.4 Å².